The van der Waals surface area contributed by atoms with Gasteiger partial charge < -0.3 is 15.1 Å². The minimum Gasteiger partial charge on any atom is -0.373 e. The van der Waals surface area contributed by atoms with Crippen molar-refractivity contribution in [3.63, 3.8) is 0 Å². The van der Waals surface area contributed by atoms with Crippen molar-refractivity contribution >= 4 is 23.3 Å². The SMILES string of the molecule is CN1CCCN(CC(=O)N2CCNC2=O)c2cc(F)ccc21. The lowest BCUT2D eigenvalue weighted by molar-refractivity contribution is -0.126. The minimum absolute atomic E-state index is 0.0811. The number of nitrogens with one attached hydrogen (secondary N) is 1. The van der Waals surface area contributed by atoms with Crippen LogP contribution in [0, 0.1) is 5.82 Å². The van der Waals surface area contributed by atoms with E-state index in [0.717, 1.165) is 18.7 Å². The van der Waals surface area contributed by atoms with Gasteiger partial charge in [-0.15, -0.1) is 0 Å². The molecule has 22 heavy (non-hydrogen) atoms. The summed E-state index contributed by atoms with van der Waals surface area (Å²) in [5.74, 6) is -0.583. The third kappa shape index (κ3) is 2.70. The van der Waals surface area contributed by atoms with E-state index in [9.17, 15) is 14.0 Å². The largest absolute Gasteiger partial charge is 0.373 e. The predicted octanol–water partition coefficient (Wildman–Crippen LogP) is 1.02. The molecule has 0 radical (unpaired) electrons. The van der Waals surface area contributed by atoms with Gasteiger partial charge in [-0.3, -0.25) is 9.69 Å². The van der Waals surface area contributed by atoms with Crippen molar-refractivity contribution in [3.8, 4) is 0 Å². The number of halogens is 1. The molecule has 6 nitrogen and oxygen atoms in total. The summed E-state index contributed by atoms with van der Waals surface area (Å²) in [5, 5.41) is 2.61. The fourth-order valence-corrected chi connectivity index (χ4v) is 2.93. The molecule has 0 aliphatic carbocycles. The quantitative estimate of drug-likeness (QED) is 0.886. The summed E-state index contributed by atoms with van der Waals surface area (Å²) in [6, 6.07) is 4.26. The molecule has 2 aliphatic heterocycles. The molecule has 1 N–H and O–H groups in total. The van der Waals surface area contributed by atoms with Gasteiger partial charge in [0.1, 0.15) is 5.82 Å². The van der Waals surface area contributed by atoms with Gasteiger partial charge in [0.25, 0.3) is 0 Å². The molecule has 0 saturated carbocycles. The van der Waals surface area contributed by atoms with E-state index in [1.54, 1.807) is 6.07 Å². The van der Waals surface area contributed by atoms with Crippen LogP contribution >= 0.6 is 0 Å². The van der Waals surface area contributed by atoms with Gasteiger partial charge in [0.15, 0.2) is 0 Å². The van der Waals surface area contributed by atoms with Gasteiger partial charge >= 0.3 is 6.03 Å². The molecule has 0 aromatic heterocycles. The molecule has 3 amide bonds. The number of hydrogen-bond acceptors (Lipinski definition) is 4. The van der Waals surface area contributed by atoms with Crippen LogP contribution in [0.3, 0.4) is 0 Å². The van der Waals surface area contributed by atoms with Crippen LogP contribution in [0.1, 0.15) is 6.42 Å². The maximum atomic E-state index is 13.6. The lowest BCUT2D eigenvalue weighted by Gasteiger charge is -2.26. The Kier molecular flexibility index (Phi) is 3.87. The van der Waals surface area contributed by atoms with Crippen molar-refractivity contribution in [3.05, 3.63) is 24.0 Å². The zero-order valence-corrected chi connectivity index (χ0v) is 12.5. The number of rotatable bonds is 2. The number of benzene rings is 1. The molecule has 0 unspecified atom stereocenters. The average molecular weight is 306 g/mol. The lowest BCUT2D eigenvalue weighted by Crippen LogP contribution is -2.42. The Morgan fingerprint density at radius 3 is 2.82 bits per heavy atom. The second-order valence-corrected chi connectivity index (χ2v) is 5.61. The molecule has 2 heterocycles. The van der Waals surface area contributed by atoms with Crippen molar-refractivity contribution in [1.82, 2.24) is 10.2 Å². The van der Waals surface area contributed by atoms with Crippen molar-refractivity contribution in [2.45, 2.75) is 6.42 Å². The van der Waals surface area contributed by atoms with E-state index < -0.39 is 0 Å². The Hall–Kier alpha value is -2.31. The monoisotopic (exact) mass is 306 g/mol. The molecule has 3 rings (SSSR count). The smallest absolute Gasteiger partial charge is 0.324 e. The van der Waals surface area contributed by atoms with Crippen molar-refractivity contribution in [1.29, 1.82) is 0 Å². The van der Waals surface area contributed by atoms with E-state index in [-0.39, 0.29) is 24.3 Å². The van der Waals surface area contributed by atoms with Crippen LogP contribution in [0.4, 0.5) is 20.6 Å². The highest BCUT2D eigenvalue weighted by Crippen LogP contribution is 2.32. The number of amides is 3. The average Bonchev–Trinajstić information content (AvgIpc) is 2.85. The lowest BCUT2D eigenvalue weighted by atomic mass is 10.2. The van der Waals surface area contributed by atoms with E-state index in [1.807, 2.05) is 11.9 Å². The number of nitrogens with zero attached hydrogens (tertiary/aromatic N) is 3. The van der Waals surface area contributed by atoms with E-state index in [4.69, 9.17) is 0 Å². The Morgan fingerprint density at radius 2 is 2.09 bits per heavy atom. The van der Waals surface area contributed by atoms with Gasteiger partial charge in [0.2, 0.25) is 5.91 Å². The van der Waals surface area contributed by atoms with Crippen LogP contribution in [0.5, 0.6) is 0 Å². The highest BCUT2D eigenvalue weighted by Gasteiger charge is 2.29. The number of urea groups is 1. The number of anilines is 2. The van der Waals surface area contributed by atoms with E-state index >= 15 is 0 Å². The molecule has 1 aromatic rings. The predicted molar refractivity (Wildman–Crippen MR) is 81.6 cm³/mol. The van der Waals surface area contributed by atoms with Crippen molar-refractivity contribution in [2.75, 3.05) is 49.6 Å². The zero-order chi connectivity index (χ0) is 15.7. The van der Waals surface area contributed by atoms with Gasteiger partial charge in [0.05, 0.1) is 17.9 Å². The highest BCUT2D eigenvalue weighted by atomic mass is 19.1. The molecular formula is C15H19FN4O2. The maximum absolute atomic E-state index is 13.6. The number of carbonyl (C=O) groups excluding carboxylic acids is 2. The second kappa shape index (κ2) is 5.82. The van der Waals surface area contributed by atoms with Crippen LogP contribution in [-0.4, -0.2) is 56.6 Å². The van der Waals surface area contributed by atoms with E-state index in [2.05, 4.69) is 10.2 Å². The van der Waals surface area contributed by atoms with Gasteiger partial charge in [-0.1, -0.05) is 0 Å². The molecule has 118 valence electrons. The van der Waals surface area contributed by atoms with Gasteiger partial charge in [0, 0.05) is 33.2 Å². The summed E-state index contributed by atoms with van der Waals surface area (Å²) < 4.78 is 13.6. The standard InChI is InChI=1S/C15H19FN4O2/c1-18-6-2-7-19(13-9-11(16)3-4-12(13)18)10-14(21)20-8-5-17-15(20)22/h3-4,9H,2,5-8,10H2,1H3,(H,17,22). The first-order valence-electron chi connectivity index (χ1n) is 7.40. The maximum Gasteiger partial charge on any atom is 0.324 e. The third-order valence-corrected chi connectivity index (χ3v) is 4.09. The van der Waals surface area contributed by atoms with Crippen molar-refractivity contribution in [2.24, 2.45) is 0 Å². The summed E-state index contributed by atoms with van der Waals surface area (Å²) in [7, 11) is 1.95. The van der Waals surface area contributed by atoms with Crippen LogP contribution in [-0.2, 0) is 4.79 Å². The molecule has 0 atom stereocenters. The Bertz CT molecular complexity index is 607. The molecule has 1 aromatic carbocycles. The van der Waals surface area contributed by atoms with Crippen LogP contribution in [0.15, 0.2) is 18.2 Å². The van der Waals surface area contributed by atoms with Crippen molar-refractivity contribution < 1.29 is 14.0 Å². The van der Waals surface area contributed by atoms with Gasteiger partial charge in [-0.2, -0.15) is 0 Å². The molecular weight excluding hydrogens is 287 g/mol. The number of fused-ring (bicyclic) bond motifs is 1. The summed E-state index contributed by atoms with van der Waals surface area (Å²) in [6.07, 6.45) is 0.867. The van der Waals surface area contributed by atoms with Crippen LogP contribution in [0.2, 0.25) is 0 Å². The Balaban J connectivity index is 1.84. The first-order chi connectivity index (χ1) is 10.6. The minimum atomic E-state index is -0.351. The molecule has 1 fully saturated rings. The second-order valence-electron chi connectivity index (χ2n) is 5.61. The Morgan fingerprint density at radius 1 is 1.27 bits per heavy atom. The number of hydrogen-bond donors (Lipinski definition) is 1. The van der Waals surface area contributed by atoms with Gasteiger partial charge in [-0.05, 0) is 24.6 Å². The third-order valence-electron chi connectivity index (χ3n) is 4.09. The number of imide groups is 1. The summed E-state index contributed by atoms with van der Waals surface area (Å²) in [5.41, 5.74) is 1.60. The van der Waals surface area contributed by atoms with E-state index in [0.29, 0.717) is 25.3 Å². The number of carbonyl (C=O) groups is 2. The van der Waals surface area contributed by atoms with E-state index in [1.165, 1.54) is 17.0 Å². The molecule has 0 spiro atoms. The summed E-state index contributed by atoms with van der Waals surface area (Å²) in [6.45, 7) is 2.45. The summed E-state index contributed by atoms with van der Waals surface area (Å²) >= 11 is 0. The van der Waals surface area contributed by atoms with Gasteiger partial charge in [-0.25, -0.2) is 9.18 Å². The molecule has 1 saturated heterocycles. The fraction of sp³-hybridized carbons (Fsp3) is 0.467. The first kappa shape index (κ1) is 14.6. The highest BCUT2D eigenvalue weighted by molar-refractivity contribution is 5.98. The fourth-order valence-electron chi connectivity index (χ4n) is 2.93. The Labute approximate surface area is 128 Å². The molecule has 2 aliphatic rings. The normalized spacial score (nSPS) is 18.1. The first-order valence-corrected chi connectivity index (χ1v) is 7.40. The molecule has 0 bridgehead atoms. The van der Waals surface area contributed by atoms with Crippen LogP contribution in [0.25, 0.3) is 0 Å². The molecule has 7 heteroatoms. The zero-order valence-electron chi connectivity index (χ0n) is 12.5. The summed E-state index contributed by atoms with van der Waals surface area (Å²) in [4.78, 5) is 29.0. The topological polar surface area (TPSA) is 55.9 Å². The van der Waals surface area contributed by atoms with Crippen LogP contribution < -0.4 is 15.1 Å².